The minimum atomic E-state index is 0.541. The highest BCUT2D eigenvalue weighted by molar-refractivity contribution is 5.48. The van der Waals surface area contributed by atoms with Crippen molar-refractivity contribution in [3.63, 3.8) is 0 Å². The SMILES string of the molecule is COCCOc1ccccc1CNc1ccc(Oc2ccccc2)cc1. The molecule has 0 aliphatic rings. The molecule has 0 aliphatic carbocycles. The second-order valence-electron chi connectivity index (χ2n) is 5.74. The molecule has 0 aromatic heterocycles. The highest BCUT2D eigenvalue weighted by Crippen LogP contribution is 2.24. The van der Waals surface area contributed by atoms with E-state index in [1.165, 1.54) is 0 Å². The molecule has 0 unspecified atom stereocenters. The van der Waals surface area contributed by atoms with E-state index in [2.05, 4.69) is 11.4 Å². The predicted octanol–water partition coefficient (Wildman–Crippen LogP) is 5.12. The lowest BCUT2D eigenvalue weighted by atomic mass is 10.2. The first-order chi connectivity index (χ1) is 12.8. The summed E-state index contributed by atoms with van der Waals surface area (Å²) < 4.78 is 16.6. The van der Waals surface area contributed by atoms with Crippen LogP contribution in [0, 0.1) is 0 Å². The molecule has 0 radical (unpaired) electrons. The van der Waals surface area contributed by atoms with Gasteiger partial charge in [-0.25, -0.2) is 0 Å². The lowest BCUT2D eigenvalue weighted by Crippen LogP contribution is -2.07. The van der Waals surface area contributed by atoms with E-state index in [1.54, 1.807) is 7.11 Å². The Morgan fingerprint density at radius 3 is 2.19 bits per heavy atom. The number of hydrogen-bond donors (Lipinski definition) is 1. The molecule has 0 amide bonds. The summed E-state index contributed by atoms with van der Waals surface area (Å²) in [6.07, 6.45) is 0. The molecule has 4 nitrogen and oxygen atoms in total. The average Bonchev–Trinajstić information content (AvgIpc) is 2.69. The summed E-state index contributed by atoms with van der Waals surface area (Å²) in [6.45, 7) is 1.80. The normalized spacial score (nSPS) is 10.3. The number of ether oxygens (including phenoxy) is 3. The van der Waals surface area contributed by atoms with Crippen LogP contribution in [0.5, 0.6) is 17.2 Å². The van der Waals surface area contributed by atoms with Gasteiger partial charge < -0.3 is 19.5 Å². The molecule has 26 heavy (non-hydrogen) atoms. The highest BCUT2D eigenvalue weighted by atomic mass is 16.5. The van der Waals surface area contributed by atoms with Crippen molar-refractivity contribution in [2.45, 2.75) is 6.54 Å². The second-order valence-corrected chi connectivity index (χ2v) is 5.74. The third-order valence-electron chi connectivity index (χ3n) is 3.83. The number of hydrogen-bond acceptors (Lipinski definition) is 4. The maximum atomic E-state index is 5.81. The molecule has 1 N–H and O–H groups in total. The Balaban J connectivity index is 1.57. The van der Waals surface area contributed by atoms with E-state index >= 15 is 0 Å². The number of methoxy groups -OCH3 is 1. The topological polar surface area (TPSA) is 39.7 Å². The van der Waals surface area contributed by atoms with E-state index in [0.717, 1.165) is 28.5 Å². The van der Waals surface area contributed by atoms with Crippen molar-refractivity contribution in [1.29, 1.82) is 0 Å². The van der Waals surface area contributed by atoms with Crippen LogP contribution in [0.3, 0.4) is 0 Å². The minimum absolute atomic E-state index is 0.541. The molecule has 0 bridgehead atoms. The largest absolute Gasteiger partial charge is 0.491 e. The van der Waals surface area contributed by atoms with Gasteiger partial charge in [-0.05, 0) is 42.5 Å². The Morgan fingerprint density at radius 2 is 1.42 bits per heavy atom. The van der Waals surface area contributed by atoms with Gasteiger partial charge in [-0.2, -0.15) is 0 Å². The van der Waals surface area contributed by atoms with Gasteiger partial charge in [-0.3, -0.25) is 0 Å². The van der Waals surface area contributed by atoms with Crippen molar-refractivity contribution >= 4 is 5.69 Å². The van der Waals surface area contributed by atoms with Crippen LogP contribution >= 0.6 is 0 Å². The maximum absolute atomic E-state index is 5.81. The number of benzene rings is 3. The summed E-state index contributed by atoms with van der Waals surface area (Å²) in [5.74, 6) is 2.52. The summed E-state index contributed by atoms with van der Waals surface area (Å²) in [7, 11) is 1.67. The van der Waals surface area contributed by atoms with Crippen LogP contribution in [0.4, 0.5) is 5.69 Å². The molecule has 0 saturated heterocycles. The third-order valence-corrected chi connectivity index (χ3v) is 3.83. The van der Waals surface area contributed by atoms with Crippen LogP contribution < -0.4 is 14.8 Å². The van der Waals surface area contributed by atoms with Crippen molar-refractivity contribution in [3.05, 3.63) is 84.4 Å². The smallest absolute Gasteiger partial charge is 0.127 e. The number of anilines is 1. The molecule has 0 saturated carbocycles. The van der Waals surface area contributed by atoms with Gasteiger partial charge in [-0.15, -0.1) is 0 Å². The van der Waals surface area contributed by atoms with E-state index in [9.17, 15) is 0 Å². The van der Waals surface area contributed by atoms with Crippen LogP contribution in [-0.2, 0) is 11.3 Å². The standard InChI is InChI=1S/C22H23NO3/c1-24-15-16-25-22-10-6-5-7-18(22)17-23-19-11-13-21(14-12-19)26-20-8-3-2-4-9-20/h2-14,23H,15-17H2,1H3. The number of rotatable bonds is 9. The van der Waals surface area contributed by atoms with Gasteiger partial charge in [0.25, 0.3) is 0 Å². The van der Waals surface area contributed by atoms with Crippen LogP contribution in [0.1, 0.15) is 5.56 Å². The molecule has 0 aliphatic heterocycles. The van der Waals surface area contributed by atoms with Gasteiger partial charge in [-0.1, -0.05) is 36.4 Å². The van der Waals surface area contributed by atoms with E-state index in [0.29, 0.717) is 19.8 Å². The third kappa shape index (κ3) is 5.26. The molecule has 0 atom stereocenters. The van der Waals surface area contributed by atoms with Gasteiger partial charge in [0.1, 0.15) is 23.9 Å². The van der Waals surface area contributed by atoms with Gasteiger partial charge in [0.15, 0.2) is 0 Å². The van der Waals surface area contributed by atoms with Crippen LogP contribution in [0.25, 0.3) is 0 Å². The predicted molar refractivity (Wildman–Crippen MR) is 104 cm³/mol. The Labute approximate surface area is 154 Å². The van der Waals surface area contributed by atoms with Crippen molar-refractivity contribution in [2.24, 2.45) is 0 Å². The summed E-state index contributed by atoms with van der Waals surface area (Å²) in [5.41, 5.74) is 2.13. The number of para-hydroxylation sites is 2. The maximum Gasteiger partial charge on any atom is 0.127 e. The quantitative estimate of drug-likeness (QED) is 0.545. The molecular weight excluding hydrogens is 326 g/mol. The zero-order valence-corrected chi connectivity index (χ0v) is 14.9. The minimum Gasteiger partial charge on any atom is -0.491 e. The van der Waals surface area contributed by atoms with E-state index in [1.807, 2.05) is 72.8 Å². The second kappa shape index (κ2) is 9.49. The fourth-order valence-corrected chi connectivity index (χ4v) is 2.49. The summed E-state index contributed by atoms with van der Waals surface area (Å²) >= 11 is 0. The van der Waals surface area contributed by atoms with Crippen molar-refractivity contribution < 1.29 is 14.2 Å². The molecular formula is C22H23NO3. The summed E-state index contributed by atoms with van der Waals surface area (Å²) in [6, 6.07) is 25.7. The Bertz CT molecular complexity index is 788. The highest BCUT2D eigenvalue weighted by Gasteiger charge is 2.03. The van der Waals surface area contributed by atoms with Gasteiger partial charge in [0.05, 0.1) is 6.61 Å². The molecule has 0 fully saturated rings. The van der Waals surface area contributed by atoms with Crippen molar-refractivity contribution in [2.75, 3.05) is 25.6 Å². The van der Waals surface area contributed by atoms with Gasteiger partial charge in [0, 0.05) is 24.9 Å². The van der Waals surface area contributed by atoms with E-state index in [4.69, 9.17) is 14.2 Å². The molecule has 0 spiro atoms. The van der Waals surface area contributed by atoms with E-state index < -0.39 is 0 Å². The first kappa shape index (κ1) is 17.8. The first-order valence-corrected chi connectivity index (χ1v) is 8.61. The van der Waals surface area contributed by atoms with Gasteiger partial charge >= 0.3 is 0 Å². The summed E-state index contributed by atoms with van der Waals surface area (Å²) in [5, 5.41) is 3.42. The molecule has 4 heteroatoms. The lowest BCUT2D eigenvalue weighted by molar-refractivity contribution is 0.146. The van der Waals surface area contributed by atoms with Crippen LogP contribution in [0.15, 0.2) is 78.9 Å². The van der Waals surface area contributed by atoms with Crippen LogP contribution in [-0.4, -0.2) is 20.3 Å². The fourth-order valence-electron chi connectivity index (χ4n) is 2.49. The Kier molecular flexibility index (Phi) is 6.51. The molecule has 134 valence electrons. The monoisotopic (exact) mass is 349 g/mol. The zero-order valence-electron chi connectivity index (χ0n) is 14.9. The van der Waals surface area contributed by atoms with Gasteiger partial charge in [0.2, 0.25) is 0 Å². The molecule has 3 rings (SSSR count). The van der Waals surface area contributed by atoms with Crippen LogP contribution in [0.2, 0.25) is 0 Å². The van der Waals surface area contributed by atoms with E-state index in [-0.39, 0.29) is 0 Å². The molecule has 3 aromatic carbocycles. The Hall–Kier alpha value is -2.98. The average molecular weight is 349 g/mol. The Morgan fingerprint density at radius 1 is 0.731 bits per heavy atom. The lowest BCUT2D eigenvalue weighted by Gasteiger charge is -2.13. The van der Waals surface area contributed by atoms with Crippen molar-refractivity contribution in [1.82, 2.24) is 0 Å². The fraction of sp³-hybridized carbons (Fsp3) is 0.182. The molecule has 3 aromatic rings. The summed E-state index contributed by atoms with van der Waals surface area (Å²) in [4.78, 5) is 0. The molecule has 0 heterocycles. The van der Waals surface area contributed by atoms with Crippen molar-refractivity contribution in [3.8, 4) is 17.2 Å². The number of nitrogens with one attached hydrogen (secondary N) is 1. The zero-order chi connectivity index (χ0) is 18.0. The first-order valence-electron chi connectivity index (χ1n) is 8.61.